The second-order valence-corrected chi connectivity index (χ2v) is 8.94. The maximum absolute atomic E-state index is 12.9. The van der Waals surface area contributed by atoms with Gasteiger partial charge in [0.05, 0.1) is 4.90 Å². The van der Waals surface area contributed by atoms with Crippen LogP contribution in [0.4, 0.5) is 5.69 Å². The molecule has 25 heavy (non-hydrogen) atoms. The molecule has 0 bridgehead atoms. The van der Waals surface area contributed by atoms with E-state index in [2.05, 4.69) is 36.9 Å². The van der Waals surface area contributed by atoms with Crippen LogP contribution < -0.4 is 4.90 Å². The number of anilines is 1. The summed E-state index contributed by atoms with van der Waals surface area (Å²) in [7, 11) is -3.48. The summed E-state index contributed by atoms with van der Waals surface area (Å²) in [4.78, 5) is 2.58. The van der Waals surface area contributed by atoms with Crippen molar-refractivity contribution in [3.63, 3.8) is 0 Å². The summed E-state index contributed by atoms with van der Waals surface area (Å²) in [5, 5.41) is 0.582. The van der Waals surface area contributed by atoms with Gasteiger partial charge in [0.1, 0.15) is 0 Å². The summed E-state index contributed by atoms with van der Waals surface area (Å²) in [5.74, 6) is 0. The van der Waals surface area contributed by atoms with Crippen molar-refractivity contribution in [2.75, 3.05) is 31.1 Å². The number of sulfonamides is 1. The quantitative estimate of drug-likeness (QED) is 0.816. The third-order valence-electron chi connectivity index (χ3n) is 4.71. The zero-order valence-corrected chi connectivity index (χ0v) is 16.4. The van der Waals surface area contributed by atoms with Crippen molar-refractivity contribution >= 4 is 27.3 Å². The Balaban J connectivity index is 1.77. The van der Waals surface area contributed by atoms with Gasteiger partial charge in [-0.15, -0.1) is 0 Å². The maximum Gasteiger partial charge on any atom is 0.243 e. The lowest BCUT2D eigenvalue weighted by molar-refractivity contribution is 0.384. The Morgan fingerprint density at radius 2 is 1.56 bits per heavy atom. The molecule has 1 saturated heterocycles. The highest BCUT2D eigenvalue weighted by Crippen LogP contribution is 2.26. The average molecular weight is 379 g/mol. The van der Waals surface area contributed by atoms with Crippen LogP contribution in [0.1, 0.15) is 16.7 Å². The molecule has 0 aliphatic carbocycles. The summed E-state index contributed by atoms with van der Waals surface area (Å²) in [6.45, 7) is 8.33. The molecule has 2 aromatic rings. The molecule has 6 heteroatoms. The van der Waals surface area contributed by atoms with E-state index >= 15 is 0 Å². The van der Waals surface area contributed by atoms with Gasteiger partial charge in [-0.2, -0.15) is 4.31 Å². The fraction of sp³-hybridized carbons (Fsp3) is 0.368. The van der Waals surface area contributed by atoms with Crippen molar-refractivity contribution in [1.82, 2.24) is 4.31 Å². The largest absolute Gasteiger partial charge is 0.369 e. The fourth-order valence-electron chi connectivity index (χ4n) is 3.16. The lowest BCUT2D eigenvalue weighted by Crippen LogP contribution is -2.48. The fourth-order valence-corrected chi connectivity index (χ4v) is 4.78. The van der Waals surface area contributed by atoms with Gasteiger partial charge in [0.25, 0.3) is 0 Å². The van der Waals surface area contributed by atoms with Crippen molar-refractivity contribution < 1.29 is 8.42 Å². The molecule has 1 fully saturated rings. The van der Waals surface area contributed by atoms with Crippen LogP contribution in [0.2, 0.25) is 5.02 Å². The summed E-state index contributed by atoms with van der Waals surface area (Å²) in [6.07, 6.45) is 0. The van der Waals surface area contributed by atoms with Gasteiger partial charge >= 0.3 is 0 Å². The average Bonchev–Trinajstić information content (AvgIpc) is 2.59. The van der Waals surface area contributed by atoms with Gasteiger partial charge < -0.3 is 4.90 Å². The molecular weight excluding hydrogens is 356 g/mol. The van der Waals surface area contributed by atoms with Crippen LogP contribution in [0, 0.1) is 20.8 Å². The molecule has 134 valence electrons. The first-order chi connectivity index (χ1) is 11.8. The van der Waals surface area contributed by atoms with E-state index in [-0.39, 0.29) is 0 Å². The normalized spacial score (nSPS) is 16.2. The number of nitrogens with zero attached hydrogens (tertiary/aromatic N) is 2. The third kappa shape index (κ3) is 3.68. The van der Waals surface area contributed by atoms with E-state index in [1.165, 1.54) is 16.8 Å². The molecule has 4 nitrogen and oxygen atoms in total. The predicted molar refractivity (Wildman–Crippen MR) is 103 cm³/mol. The first-order valence-electron chi connectivity index (χ1n) is 8.37. The smallest absolute Gasteiger partial charge is 0.243 e. The lowest BCUT2D eigenvalue weighted by atomic mass is 10.1. The molecule has 0 unspecified atom stereocenters. The third-order valence-corrected chi connectivity index (χ3v) is 7.03. The van der Waals surface area contributed by atoms with Crippen LogP contribution in [0.15, 0.2) is 41.3 Å². The SMILES string of the molecule is Cc1ccc(C)c(N2CCN(S(=O)(=O)c3ccc(Cl)c(C)c3)CC2)c1. The number of halogens is 1. The summed E-state index contributed by atoms with van der Waals surface area (Å²) < 4.78 is 27.3. The van der Waals surface area contributed by atoms with E-state index in [1.807, 2.05) is 6.92 Å². The predicted octanol–water partition coefficient (Wildman–Crippen LogP) is 3.78. The molecule has 2 aromatic carbocycles. The molecule has 1 heterocycles. The van der Waals surface area contributed by atoms with Crippen LogP contribution in [0.5, 0.6) is 0 Å². The van der Waals surface area contributed by atoms with E-state index in [9.17, 15) is 8.42 Å². The zero-order chi connectivity index (χ0) is 18.2. The number of hydrogen-bond acceptors (Lipinski definition) is 3. The molecule has 0 N–H and O–H groups in total. The van der Waals surface area contributed by atoms with Gasteiger partial charge in [-0.05, 0) is 61.7 Å². The molecule has 0 saturated carbocycles. The number of hydrogen-bond donors (Lipinski definition) is 0. The van der Waals surface area contributed by atoms with Gasteiger partial charge in [0.2, 0.25) is 10.0 Å². The molecular formula is C19H23ClN2O2S. The Hall–Kier alpha value is -1.56. The summed E-state index contributed by atoms with van der Waals surface area (Å²) >= 11 is 6.02. The topological polar surface area (TPSA) is 40.6 Å². The lowest BCUT2D eigenvalue weighted by Gasteiger charge is -2.36. The molecule has 0 radical (unpaired) electrons. The molecule has 0 atom stereocenters. The van der Waals surface area contributed by atoms with Gasteiger partial charge in [0.15, 0.2) is 0 Å². The molecule has 0 spiro atoms. The Labute approximate surface area is 155 Å². The number of rotatable bonds is 3. The Morgan fingerprint density at radius 3 is 2.20 bits per heavy atom. The van der Waals surface area contributed by atoms with Crippen molar-refractivity contribution in [3.8, 4) is 0 Å². The molecule has 3 rings (SSSR count). The van der Waals surface area contributed by atoms with E-state index in [4.69, 9.17) is 11.6 Å². The first-order valence-corrected chi connectivity index (χ1v) is 10.2. The van der Waals surface area contributed by atoms with Crippen molar-refractivity contribution in [2.45, 2.75) is 25.7 Å². The second kappa shape index (κ2) is 6.98. The Bertz CT molecular complexity index is 888. The van der Waals surface area contributed by atoms with E-state index in [1.54, 1.807) is 22.5 Å². The monoisotopic (exact) mass is 378 g/mol. The molecule has 1 aliphatic rings. The van der Waals surface area contributed by atoms with Crippen LogP contribution in [-0.2, 0) is 10.0 Å². The first kappa shape index (κ1) is 18.2. The van der Waals surface area contributed by atoms with Gasteiger partial charge in [0, 0.05) is 36.9 Å². The van der Waals surface area contributed by atoms with E-state index in [0.29, 0.717) is 36.1 Å². The van der Waals surface area contributed by atoms with Crippen molar-refractivity contribution in [1.29, 1.82) is 0 Å². The van der Waals surface area contributed by atoms with Crippen molar-refractivity contribution in [2.24, 2.45) is 0 Å². The van der Waals surface area contributed by atoms with E-state index < -0.39 is 10.0 Å². The minimum atomic E-state index is -3.48. The van der Waals surface area contributed by atoms with Crippen LogP contribution in [0.25, 0.3) is 0 Å². The summed E-state index contributed by atoms with van der Waals surface area (Å²) in [5.41, 5.74) is 4.40. The van der Waals surface area contributed by atoms with Crippen LogP contribution in [-0.4, -0.2) is 38.9 Å². The van der Waals surface area contributed by atoms with Gasteiger partial charge in [-0.3, -0.25) is 0 Å². The standard InChI is InChI=1S/C19H23ClN2O2S/c1-14-4-5-15(2)19(12-14)21-8-10-22(11-9-21)25(23,24)17-6-7-18(20)16(3)13-17/h4-7,12-13H,8-11H2,1-3H3. The summed E-state index contributed by atoms with van der Waals surface area (Å²) in [6, 6.07) is 11.3. The maximum atomic E-state index is 12.9. The van der Waals surface area contributed by atoms with Crippen molar-refractivity contribution in [3.05, 3.63) is 58.1 Å². The van der Waals surface area contributed by atoms with Gasteiger partial charge in [-0.25, -0.2) is 8.42 Å². The highest BCUT2D eigenvalue weighted by atomic mass is 35.5. The Kier molecular flexibility index (Phi) is 5.09. The Morgan fingerprint density at radius 1 is 0.880 bits per heavy atom. The second-order valence-electron chi connectivity index (χ2n) is 6.59. The minimum Gasteiger partial charge on any atom is -0.369 e. The number of piperazine rings is 1. The number of aryl methyl sites for hydroxylation is 3. The van der Waals surface area contributed by atoms with E-state index in [0.717, 1.165) is 5.56 Å². The zero-order valence-electron chi connectivity index (χ0n) is 14.8. The van der Waals surface area contributed by atoms with Gasteiger partial charge in [-0.1, -0.05) is 23.7 Å². The minimum absolute atomic E-state index is 0.314. The highest BCUT2D eigenvalue weighted by molar-refractivity contribution is 7.89. The van der Waals surface area contributed by atoms with Crippen LogP contribution >= 0.6 is 11.6 Å². The highest BCUT2D eigenvalue weighted by Gasteiger charge is 2.29. The van der Waals surface area contributed by atoms with Crippen LogP contribution in [0.3, 0.4) is 0 Å². The number of benzene rings is 2. The molecule has 0 aromatic heterocycles. The molecule has 1 aliphatic heterocycles. The molecule has 0 amide bonds.